The smallest absolute Gasteiger partial charge is 0.0344 e. The van der Waals surface area contributed by atoms with Gasteiger partial charge in [0.15, 0.2) is 0 Å². The van der Waals surface area contributed by atoms with Gasteiger partial charge in [0.2, 0.25) is 0 Å². The van der Waals surface area contributed by atoms with Crippen molar-refractivity contribution in [1.82, 2.24) is 0 Å². The number of nitrogens with two attached hydrogens (primary N) is 1. The van der Waals surface area contributed by atoms with Gasteiger partial charge in [-0.1, -0.05) is 13.8 Å². The summed E-state index contributed by atoms with van der Waals surface area (Å²) in [4.78, 5) is 1.34. The number of aryl methyl sites for hydroxylation is 1. The molecule has 0 aliphatic carbocycles. The van der Waals surface area contributed by atoms with Crippen molar-refractivity contribution in [3.63, 3.8) is 0 Å². The van der Waals surface area contributed by atoms with Crippen LogP contribution in [-0.4, -0.2) is 5.25 Å². The Labute approximate surface area is 91.1 Å². The second kappa shape index (κ2) is 5.30. The molecule has 78 valence electrons. The minimum Gasteiger partial charge on any atom is -0.399 e. The molecule has 0 saturated heterocycles. The minimum absolute atomic E-state index is 0.734. The van der Waals surface area contributed by atoms with Crippen molar-refractivity contribution < 1.29 is 0 Å². The average Bonchev–Trinajstić information content (AvgIpc) is 2.19. The van der Waals surface area contributed by atoms with E-state index >= 15 is 0 Å². The monoisotopic (exact) mass is 209 g/mol. The number of hydrogen-bond acceptors (Lipinski definition) is 2. The van der Waals surface area contributed by atoms with E-state index in [9.17, 15) is 0 Å². The highest BCUT2D eigenvalue weighted by atomic mass is 32.2. The van der Waals surface area contributed by atoms with Crippen LogP contribution in [0.1, 0.15) is 32.3 Å². The van der Waals surface area contributed by atoms with Crippen molar-refractivity contribution in [3.05, 3.63) is 23.8 Å². The molecule has 0 spiro atoms. The summed E-state index contributed by atoms with van der Waals surface area (Å²) >= 11 is 1.96. The van der Waals surface area contributed by atoms with Gasteiger partial charge in [-0.3, -0.25) is 0 Å². The van der Waals surface area contributed by atoms with Gasteiger partial charge in [-0.25, -0.2) is 0 Å². The van der Waals surface area contributed by atoms with Crippen molar-refractivity contribution in [2.24, 2.45) is 0 Å². The SMILES string of the molecule is CCC(CC)Sc1ccc(N)c(C)c1. The van der Waals surface area contributed by atoms with Crippen LogP contribution < -0.4 is 5.73 Å². The molecular weight excluding hydrogens is 190 g/mol. The maximum absolute atomic E-state index is 5.78. The highest BCUT2D eigenvalue weighted by Crippen LogP contribution is 2.29. The Morgan fingerprint density at radius 3 is 2.43 bits per heavy atom. The fraction of sp³-hybridized carbons (Fsp3) is 0.500. The number of benzene rings is 1. The zero-order valence-corrected chi connectivity index (χ0v) is 10.0. The van der Waals surface area contributed by atoms with Crippen LogP contribution in [0.2, 0.25) is 0 Å². The molecule has 0 bridgehead atoms. The highest BCUT2D eigenvalue weighted by molar-refractivity contribution is 8.00. The van der Waals surface area contributed by atoms with Crippen LogP contribution in [-0.2, 0) is 0 Å². The van der Waals surface area contributed by atoms with Crippen molar-refractivity contribution in [2.75, 3.05) is 5.73 Å². The fourth-order valence-corrected chi connectivity index (χ4v) is 2.48. The van der Waals surface area contributed by atoms with Crippen molar-refractivity contribution >= 4 is 17.4 Å². The maximum atomic E-state index is 5.78. The summed E-state index contributed by atoms with van der Waals surface area (Å²) in [5.41, 5.74) is 7.84. The van der Waals surface area contributed by atoms with E-state index in [4.69, 9.17) is 5.73 Å². The Morgan fingerprint density at radius 2 is 1.93 bits per heavy atom. The molecule has 0 aliphatic rings. The van der Waals surface area contributed by atoms with E-state index < -0.39 is 0 Å². The highest BCUT2D eigenvalue weighted by Gasteiger charge is 2.05. The van der Waals surface area contributed by atoms with Crippen LogP contribution in [0.3, 0.4) is 0 Å². The molecule has 1 nitrogen and oxygen atoms in total. The molecule has 0 heterocycles. The molecule has 0 saturated carbocycles. The van der Waals surface area contributed by atoms with Crippen molar-refractivity contribution in [3.8, 4) is 0 Å². The number of rotatable bonds is 4. The van der Waals surface area contributed by atoms with Gasteiger partial charge < -0.3 is 5.73 Å². The number of anilines is 1. The van der Waals surface area contributed by atoms with Crippen molar-refractivity contribution in [2.45, 2.75) is 43.8 Å². The Bertz CT molecular complexity index is 292. The van der Waals surface area contributed by atoms with Gasteiger partial charge in [0, 0.05) is 15.8 Å². The second-order valence-electron chi connectivity index (χ2n) is 3.57. The zero-order chi connectivity index (χ0) is 10.6. The first-order chi connectivity index (χ1) is 6.67. The van der Waals surface area contributed by atoms with Gasteiger partial charge in [-0.05, 0) is 43.5 Å². The maximum Gasteiger partial charge on any atom is 0.0344 e. The molecule has 0 aromatic heterocycles. The molecule has 1 rings (SSSR count). The number of hydrogen-bond donors (Lipinski definition) is 1. The van der Waals surface area contributed by atoms with Crippen LogP contribution >= 0.6 is 11.8 Å². The largest absolute Gasteiger partial charge is 0.399 e. The van der Waals surface area contributed by atoms with E-state index in [0.717, 1.165) is 10.9 Å². The summed E-state index contributed by atoms with van der Waals surface area (Å²) in [5, 5.41) is 0.734. The van der Waals surface area contributed by atoms with Gasteiger partial charge >= 0.3 is 0 Å². The standard InChI is InChI=1S/C12H19NS/c1-4-10(5-2)14-11-6-7-12(13)9(3)8-11/h6-8,10H,4-5,13H2,1-3H3. The predicted octanol–water partition coefficient (Wildman–Crippen LogP) is 3.86. The topological polar surface area (TPSA) is 26.0 Å². The molecule has 2 heteroatoms. The zero-order valence-electron chi connectivity index (χ0n) is 9.21. The third-order valence-electron chi connectivity index (χ3n) is 2.45. The van der Waals surface area contributed by atoms with E-state index in [1.165, 1.54) is 23.3 Å². The molecule has 0 amide bonds. The van der Waals surface area contributed by atoms with E-state index in [-0.39, 0.29) is 0 Å². The first kappa shape index (κ1) is 11.4. The second-order valence-corrected chi connectivity index (χ2v) is 4.95. The molecule has 2 N–H and O–H groups in total. The summed E-state index contributed by atoms with van der Waals surface area (Å²) in [5.74, 6) is 0. The van der Waals surface area contributed by atoms with Crippen LogP contribution in [0.4, 0.5) is 5.69 Å². The minimum atomic E-state index is 0.734. The molecule has 0 fully saturated rings. The summed E-state index contributed by atoms with van der Waals surface area (Å²) in [6.45, 7) is 6.54. The van der Waals surface area contributed by atoms with E-state index in [1.54, 1.807) is 0 Å². The van der Waals surface area contributed by atoms with Crippen LogP contribution in [0, 0.1) is 6.92 Å². The molecule has 0 radical (unpaired) electrons. The third kappa shape index (κ3) is 2.95. The molecule has 0 atom stereocenters. The predicted molar refractivity (Wildman–Crippen MR) is 65.8 cm³/mol. The van der Waals surface area contributed by atoms with E-state index in [1.807, 2.05) is 17.8 Å². The lowest BCUT2D eigenvalue weighted by Gasteiger charge is -2.12. The fourth-order valence-electron chi connectivity index (χ4n) is 1.37. The van der Waals surface area contributed by atoms with Crippen molar-refractivity contribution in [1.29, 1.82) is 0 Å². The Morgan fingerprint density at radius 1 is 1.29 bits per heavy atom. The first-order valence-corrected chi connectivity index (χ1v) is 6.08. The molecule has 0 aliphatic heterocycles. The lowest BCUT2D eigenvalue weighted by molar-refractivity contribution is 0.792. The Kier molecular flexibility index (Phi) is 4.33. The quantitative estimate of drug-likeness (QED) is 0.602. The van der Waals surface area contributed by atoms with Gasteiger partial charge in [0.05, 0.1) is 0 Å². The number of nitrogen functional groups attached to an aromatic ring is 1. The normalized spacial score (nSPS) is 10.9. The van der Waals surface area contributed by atoms with Crippen LogP contribution in [0.15, 0.2) is 23.1 Å². The van der Waals surface area contributed by atoms with Gasteiger partial charge in [-0.2, -0.15) is 0 Å². The Balaban J connectivity index is 2.72. The summed E-state index contributed by atoms with van der Waals surface area (Å²) in [7, 11) is 0. The summed E-state index contributed by atoms with van der Waals surface area (Å²) < 4.78 is 0. The molecule has 0 unspecified atom stereocenters. The summed E-state index contributed by atoms with van der Waals surface area (Å²) in [6, 6.07) is 6.30. The molecule has 1 aromatic carbocycles. The van der Waals surface area contributed by atoms with E-state index in [2.05, 4.69) is 32.9 Å². The van der Waals surface area contributed by atoms with E-state index in [0.29, 0.717) is 0 Å². The average molecular weight is 209 g/mol. The molecular formula is C12H19NS. The Hall–Kier alpha value is -0.630. The van der Waals surface area contributed by atoms with Crippen LogP contribution in [0.5, 0.6) is 0 Å². The lowest BCUT2D eigenvalue weighted by atomic mass is 10.2. The molecule has 14 heavy (non-hydrogen) atoms. The lowest BCUT2D eigenvalue weighted by Crippen LogP contribution is -1.98. The van der Waals surface area contributed by atoms with Crippen LogP contribution in [0.25, 0.3) is 0 Å². The van der Waals surface area contributed by atoms with Gasteiger partial charge in [0.1, 0.15) is 0 Å². The molecule has 1 aromatic rings. The summed E-state index contributed by atoms with van der Waals surface area (Å²) in [6.07, 6.45) is 2.45. The first-order valence-electron chi connectivity index (χ1n) is 5.20. The third-order valence-corrected chi connectivity index (χ3v) is 3.98. The van der Waals surface area contributed by atoms with Gasteiger partial charge in [0.25, 0.3) is 0 Å². The van der Waals surface area contributed by atoms with Gasteiger partial charge in [-0.15, -0.1) is 11.8 Å². The number of thioether (sulfide) groups is 1.